The lowest BCUT2D eigenvalue weighted by Crippen LogP contribution is -2.09. The summed E-state index contributed by atoms with van der Waals surface area (Å²) >= 11 is 6.06. The number of benzene rings is 2. The molecule has 2 aromatic rings. The number of amides is 1. The number of methoxy groups -OCH3 is 2. The summed E-state index contributed by atoms with van der Waals surface area (Å²) in [5, 5.41) is 3.19. The highest BCUT2D eigenvalue weighted by Crippen LogP contribution is 2.35. The molecule has 0 saturated heterocycles. The Morgan fingerprint density at radius 1 is 1.08 bits per heavy atom. The maximum Gasteiger partial charge on any atom is 0.248 e. The second kappa shape index (κ2) is 7.88. The summed E-state index contributed by atoms with van der Waals surface area (Å²) in [6.07, 6.45) is 3.27. The van der Waals surface area contributed by atoms with Gasteiger partial charge in [0.25, 0.3) is 0 Å². The SMILES string of the molecule is COc1cc(NC(=O)/C=C/c2ccc(C)cc2C)c(OC)cc1Cl. The minimum Gasteiger partial charge on any atom is -0.495 e. The van der Waals surface area contributed by atoms with Gasteiger partial charge in [0.15, 0.2) is 0 Å². The van der Waals surface area contributed by atoms with Gasteiger partial charge >= 0.3 is 0 Å². The molecule has 0 bridgehead atoms. The number of ether oxygens (including phenoxy) is 2. The van der Waals surface area contributed by atoms with Crippen LogP contribution in [0.2, 0.25) is 5.02 Å². The van der Waals surface area contributed by atoms with Crippen molar-refractivity contribution in [3.63, 3.8) is 0 Å². The average Bonchev–Trinajstić information content (AvgIpc) is 2.55. The summed E-state index contributed by atoms with van der Waals surface area (Å²) in [5.41, 5.74) is 3.79. The molecule has 0 heterocycles. The monoisotopic (exact) mass is 345 g/mol. The third-order valence-corrected chi connectivity index (χ3v) is 3.87. The van der Waals surface area contributed by atoms with Gasteiger partial charge in [-0.2, -0.15) is 0 Å². The molecular weight excluding hydrogens is 326 g/mol. The normalized spacial score (nSPS) is 10.7. The second-order valence-electron chi connectivity index (χ2n) is 5.37. The van der Waals surface area contributed by atoms with Crippen molar-refractivity contribution in [1.29, 1.82) is 0 Å². The largest absolute Gasteiger partial charge is 0.495 e. The first kappa shape index (κ1) is 17.9. The number of carbonyl (C=O) groups excluding carboxylic acids is 1. The van der Waals surface area contributed by atoms with Crippen LogP contribution in [0.1, 0.15) is 16.7 Å². The Morgan fingerprint density at radius 2 is 1.79 bits per heavy atom. The fourth-order valence-corrected chi connectivity index (χ4v) is 2.54. The Morgan fingerprint density at radius 3 is 2.42 bits per heavy atom. The number of rotatable bonds is 5. The zero-order chi connectivity index (χ0) is 17.7. The maximum absolute atomic E-state index is 12.2. The Hall–Kier alpha value is -2.46. The number of aryl methyl sites for hydroxylation is 2. The van der Waals surface area contributed by atoms with Crippen molar-refractivity contribution in [2.24, 2.45) is 0 Å². The van der Waals surface area contributed by atoms with Crippen LogP contribution in [0, 0.1) is 13.8 Å². The van der Waals surface area contributed by atoms with Gasteiger partial charge < -0.3 is 14.8 Å². The molecule has 0 aromatic heterocycles. The molecule has 0 saturated carbocycles. The molecule has 1 amide bonds. The number of hydrogen-bond donors (Lipinski definition) is 1. The minimum absolute atomic E-state index is 0.266. The van der Waals surface area contributed by atoms with E-state index in [0.29, 0.717) is 22.2 Å². The molecule has 0 atom stereocenters. The molecule has 0 unspecified atom stereocenters. The number of halogens is 1. The average molecular weight is 346 g/mol. The first-order valence-corrected chi connectivity index (χ1v) is 7.80. The number of nitrogens with one attached hydrogen (secondary N) is 1. The van der Waals surface area contributed by atoms with Crippen LogP contribution in [0.25, 0.3) is 6.08 Å². The molecule has 0 spiro atoms. The molecule has 4 nitrogen and oxygen atoms in total. The summed E-state index contributed by atoms with van der Waals surface area (Å²) < 4.78 is 10.4. The minimum atomic E-state index is -0.266. The fourth-order valence-electron chi connectivity index (χ4n) is 2.31. The van der Waals surface area contributed by atoms with Crippen LogP contribution in [0.15, 0.2) is 36.4 Å². The molecule has 0 radical (unpaired) electrons. The van der Waals surface area contributed by atoms with Gasteiger partial charge in [0.2, 0.25) is 5.91 Å². The van der Waals surface area contributed by atoms with Crippen molar-refractivity contribution in [2.75, 3.05) is 19.5 Å². The Balaban J connectivity index is 2.18. The van der Waals surface area contributed by atoms with Crippen LogP contribution in [-0.2, 0) is 4.79 Å². The van der Waals surface area contributed by atoms with E-state index in [9.17, 15) is 4.79 Å². The molecule has 5 heteroatoms. The van der Waals surface area contributed by atoms with Gasteiger partial charge in [0, 0.05) is 18.2 Å². The van der Waals surface area contributed by atoms with Crippen LogP contribution >= 0.6 is 11.6 Å². The van der Waals surface area contributed by atoms with Crippen molar-refractivity contribution >= 4 is 29.3 Å². The topological polar surface area (TPSA) is 47.6 Å². The van der Waals surface area contributed by atoms with E-state index in [4.69, 9.17) is 21.1 Å². The molecule has 1 N–H and O–H groups in total. The van der Waals surface area contributed by atoms with Gasteiger partial charge in [-0.3, -0.25) is 4.79 Å². The van der Waals surface area contributed by atoms with Crippen LogP contribution in [0.3, 0.4) is 0 Å². The molecule has 2 rings (SSSR count). The zero-order valence-corrected chi connectivity index (χ0v) is 14.9. The van der Waals surface area contributed by atoms with E-state index >= 15 is 0 Å². The standard InChI is InChI=1S/C19H20ClNO3/c1-12-5-6-14(13(2)9-12)7-8-19(22)21-16-11-17(23-3)15(20)10-18(16)24-4/h5-11H,1-4H3,(H,21,22)/b8-7+. The lowest BCUT2D eigenvalue weighted by molar-refractivity contribution is -0.111. The van der Waals surface area contributed by atoms with E-state index in [-0.39, 0.29) is 5.91 Å². The predicted molar refractivity (Wildman–Crippen MR) is 98.1 cm³/mol. The Kier molecular flexibility index (Phi) is 5.88. The summed E-state index contributed by atoms with van der Waals surface area (Å²) in [7, 11) is 3.03. The van der Waals surface area contributed by atoms with E-state index in [0.717, 1.165) is 11.1 Å². The first-order chi connectivity index (χ1) is 11.4. The summed E-state index contributed by atoms with van der Waals surface area (Å²) in [4.78, 5) is 12.2. The second-order valence-corrected chi connectivity index (χ2v) is 5.78. The lowest BCUT2D eigenvalue weighted by atomic mass is 10.1. The molecular formula is C19H20ClNO3. The highest BCUT2D eigenvalue weighted by molar-refractivity contribution is 6.32. The summed E-state index contributed by atoms with van der Waals surface area (Å²) in [6.45, 7) is 4.05. The van der Waals surface area contributed by atoms with Gasteiger partial charge in [0.1, 0.15) is 11.5 Å². The highest BCUT2D eigenvalue weighted by Gasteiger charge is 2.11. The van der Waals surface area contributed by atoms with Crippen LogP contribution in [-0.4, -0.2) is 20.1 Å². The molecule has 0 aliphatic carbocycles. The van der Waals surface area contributed by atoms with Crippen LogP contribution in [0.5, 0.6) is 11.5 Å². The molecule has 24 heavy (non-hydrogen) atoms. The van der Waals surface area contributed by atoms with Gasteiger partial charge in [-0.05, 0) is 31.1 Å². The van der Waals surface area contributed by atoms with E-state index in [1.807, 2.05) is 26.0 Å². The molecule has 0 aliphatic heterocycles. The van der Waals surface area contributed by atoms with Gasteiger partial charge in [0.05, 0.1) is 24.9 Å². The van der Waals surface area contributed by atoms with Gasteiger partial charge in [-0.25, -0.2) is 0 Å². The van der Waals surface area contributed by atoms with Crippen molar-refractivity contribution < 1.29 is 14.3 Å². The van der Waals surface area contributed by atoms with E-state index in [2.05, 4.69) is 11.4 Å². The zero-order valence-electron chi connectivity index (χ0n) is 14.1. The van der Waals surface area contributed by atoms with Gasteiger partial charge in [-0.15, -0.1) is 0 Å². The van der Waals surface area contributed by atoms with Crippen molar-refractivity contribution in [3.05, 3.63) is 58.1 Å². The van der Waals surface area contributed by atoms with Gasteiger partial charge in [-0.1, -0.05) is 35.4 Å². The Bertz CT molecular complexity index is 784. The number of carbonyl (C=O) groups is 1. The summed E-state index contributed by atoms with van der Waals surface area (Å²) in [5.74, 6) is 0.665. The van der Waals surface area contributed by atoms with Crippen LogP contribution in [0.4, 0.5) is 5.69 Å². The van der Waals surface area contributed by atoms with E-state index in [1.165, 1.54) is 25.9 Å². The molecule has 0 aliphatic rings. The number of anilines is 1. The number of hydrogen-bond acceptors (Lipinski definition) is 3. The van der Waals surface area contributed by atoms with E-state index in [1.54, 1.807) is 18.2 Å². The smallest absolute Gasteiger partial charge is 0.248 e. The van der Waals surface area contributed by atoms with Crippen LogP contribution < -0.4 is 14.8 Å². The molecule has 2 aromatic carbocycles. The highest BCUT2D eigenvalue weighted by atomic mass is 35.5. The Labute approximate surface area is 147 Å². The fraction of sp³-hybridized carbons (Fsp3) is 0.211. The maximum atomic E-state index is 12.2. The predicted octanol–water partition coefficient (Wildman–Crippen LogP) is 4.63. The quantitative estimate of drug-likeness (QED) is 0.804. The van der Waals surface area contributed by atoms with Crippen molar-refractivity contribution in [3.8, 4) is 11.5 Å². The molecule has 126 valence electrons. The third kappa shape index (κ3) is 4.30. The third-order valence-electron chi connectivity index (χ3n) is 3.57. The lowest BCUT2D eigenvalue weighted by Gasteiger charge is -2.12. The summed E-state index contributed by atoms with van der Waals surface area (Å²) in [6, 6.07) is 9.30. The van der Waals surface area contributed by atoms with E-state index < -0.39 is 0 Å². The van der Waals surface area contributed by atoms with Crippen molar-refractivity contribution in [1.82, 2.24) is 0 Å². The van der Waals surface area contributed by atoms with Crippen molar-refractivity contribution in [2.45, 2.75) is 13.8 Å². The first-order valence-electron chi connectivity index (χ1n) is 7.42. The molecule has 0 fully saturated rings.